The molecule has 3 nitrogen and oxygen atoms in total. The summed E-state index contributed by atoms with van der Waals surface area (Å²) in [4.78, 5) is 16.1. The summed E-state index contributed by atoms with van der Waals surface area (Å²) < 4.78 is 26.9. The second-order valence-electron chi connectivity index (χ2n) is 6.45. The van der Waals surface area contributed by atoms with Crippen molar-refractivity contribution >= 4 is 11.5 Å². The maximum atomic E-state index is 13.5. The maximum absolute atomic E-state index is 13.5. The molecule has 0 amide bonds. The highest BCUT2D eigenvalue weighted by Gasteiger charge is 2.23. The van der Waals surface area contributed by atoms with E-state index in [1.165, 1.54) is 30.5 Å². The van der Waals surface area contributed by atoms with Gasteiger partial charge in [-0.3, -0.25) is 4.98 Å². The number of aromatic carboxylic acids is 1. The fourth-order valence-corrected chi connectivity index (χ4v) is 3.23. The Balaban J connectivity index is 2.07. The largest absolute Gasteiger partial charge is 0.478 e. The zero-order valence-corrected chi connectivity index (χ0v) is 14.4. The number of hydrogen-bond donors (Lipinski definition) is 1. The van der Waals surface area contributed by atoms with E-state index in [2.05, 4.69) is 4.98 Å². The Bertz CT molecular complexity index is 891. The van der Waals surface area contributed by atoms with E-state index in [1.54, 1.807) is 12.2 Å². The summed E-state index contributed by atoms with van der Waals surface area (Å²) in [5.74, 6) is -1.66. The topological polar surface area (TPSA) is 50.2 Å². The van der Waals surface area contributed by atoms with Crippen LogP contribution in [0.4, 0.5) is 8.78 Å². The molecule has 0 aliphatic heterocycles. The van der Waals surface area contributed by atoms with E-state index in [0.29, 0.717) is 24.1 Å². The molecule has 0 saturated heterocycles. The zero-order chi connectivity index (χ0) is 18.7. The molecule has 3 rings (SSSR count). The average Bonchev–Trinajstić information content (AvgIpc) is 2.80. The Labute approximate surface area is 150 Å². The molecule has 0 saturated carbocycles. The van der Waals surface area contributed by atoms with Crippen LogP contribution in [0.3, 0.4) is 0 Å². The number of halogens is 2. The van der Waals surface area contributed by atoms with Crippen LogP contribution in [0.25, 0.3) is 5.57 Å². The van der Waals surface area contributed by atoms with Gasteiger partial charge in [-0.15, -0.1) is 0 Å². The summed E-state index contributed by atoms with van der Waals surface area (Å²) in [5, 5.41) is 9.60. The number of hydrogen-bond acceptors (Lipinski definition) is 2. The molecular formula is C21H19F2NO2. The van der Waals surface area contributed by atoms with Crippen molar-refractivity contribution in [2.75, 3.05) is 0 Å². The number of allylic oxidation sites excluding steroid dienone is 10. The molecule has 1 unspecified atom stereocenters. The summed E-state index contributed by atoms with van der Waals surface area (Å²) in [6, 6.07) is 1.46. The van der Waals surface area contributed by atoms with Gasteiger partial charge < -0.3 is 5.11 Å². The first-order valence-corrected chi connectivity index (χ1v) is 8.46. The molecular weight excluding hydrogens is 336 g/mol. The Kier molecular flexibility index (Phi) is 5.26. The summed E-state index contributed by atoms with van der Waals surface area (Å²) >= 11 is 0. The number of carbonyl (C=O) groups is 1. The Morgan fingerprint density at radius 1 is 1.27 bits per heavy atom. The van der Waals surface area contributed by atoms with Crippen molar-refractivity contribution in [2.24, 2.45) is 5.92 Å². The molecule has 5 heteroatoms. The van der Waals surface area contributed by atoms with E-state index < -0.39 is 5.97 Å². The molecule has 1 aromatic rings. The van der Waals surface area contributed by atoms with Crippen LogP contribution >= 0.6 is 0 Å². The fourth-order valence-electron chi connectivity index (χ4n) is 3.23. The average molecular weight is 355 g/mol. The standard InChI is InChI=1S/C21H19F2NO2/c1-13-11-16(23)7-8-17(13)20-19(18(21(25)26)9-10-24-20)12-14-3-2-4-15(22)6-5-14/h3-10,13H,2,11-12H2,1H3,(H,25,26). The predicted octanol–water partition coefficient (Wildman–Crippen LogP) is 5.34. The van der Waals surface area contributed by atoms with Crippen LogP contribution in [0, 0.1) is 5.92 Å². The number of carboxylic acids is 1. The van der Waals surface area contributed by atoms with Crippen molar-refractivity contribution in [3.63, 3.8) is 0 Å². The van der Waals surface area contributed by atoms with E-state index in [-0.39, 0.29) is 29.6 Å². The number of aromatic nitrogens is 1. The minimum absolute atomic E-state index is 0.104. The van der Waals surface area contributed by atoms with Gasteiger partial charge in [0.25, 0.3) is 0 Å². The highest BCUT2D eigenvalue weighted by Crippen LogP contribution is 2.35. The minimum atomic E-state index is -1.04. The molecule has 2 aliphatic rings. The summed E-state index contributed by atoms with van der Waals surface area (Å²) in [5.41, 5.74) is 2.91. The van der Waals surface area contributed by atoms with Crippen LogP contribution in [0.5, 0.6) is 0 Å². The Morgan fingerprint density at radius 3 is 2.81 bits per heavy atom. The van der Waals surface area contributed by atoms with E-state index in [0.717, 1.165) is 11.1 Å². The smallest absolute Gasteiger partial charge is 0.336 e. The van der Waals surface area contributed by atoms with Gasteiger partial charge in [-0.25, -0.2) is 13.6 Å². The molecule has 134 valence electrons. The molecule has 0 aromatic carbocycles. The van der Waals surface area contributed by atoms with Crippen LogP contribution in [0.1, 0.15) is 41.4 Å². The first-order chi connectivity index (χ1) is 12.5. The van der Waals surface area contributed by atoms with Gasteiger partial charge >= 0.3 is 5.97 Å². The molecule has 1 heterocycles. The monoisotopic (exact) mass is 355 g/mol. The number of rotatable bonds is 4. The van der Waals surface area contributed by atoms with Gasteiger partial charge in [0.05, 0.1) is 11.3 Å². The minimum Gasteiger partial charge on any atom is -0.478 e. The molecule has 1 aromatic heterocycles. The van der Waals surface area contributed by atoms with Crippen molar-refractivity contribution in [1.82, 2.24) is 4.98 Å². The second kappa shape index (κ2) is 7.60. The third kappa shape index (κ3) is 3.87. The number of nitrogens with zero attached hydrogens (tertiary/aromatic N) is 1. The zero-order valence-electron chi connectivity index (χ0n) is 14.4. The van der Waals surface area contributed by atoms with E-state index in [1.807, 2.05) is 13.0 Å². The van der Waals surface area contributed by atoms with Gasteiger partial charge in [0.2, 0.25) is 0 Å². The number of carboxylic acid groups (broad SMARTS) is 1. The molecule has 2 aliphatic carbocycles. The van der Waals surface area contributed by atoms with Gasteiger partial charge in [-0.05, 0) is 53.3 Å². The number of pyridine rings is 1. The highest BCUT2D eigenvalue weighted by molar-refractivity contribution is 5.91. The predicted molar refractivity (Wildman–Crippen MR) is 96.9 cm³/mol. The van der Waals surface area contributed by atoms with E-state index >= 15 is 0 Å². The third-order valence-corrected chi connectivity index (χ3v) is 4.57. The summed E-state index contributed by atoms with van der Waals surface area (Å²) in [6.07, 6.45) is 11.9. The van der Waals surface area contributed by atoms with Crippen LogP contribution in [0.2, 0.25) is 0 Å². The van der Waals surface area contributed by atoms with Crippen LogP contribution in [-0.4, -0.2) is 16.1 Å². The van der Waals surface area contributed by atoms with Gasteiger partial charge in [-0.2, -0.15) is 0 Å². The van der Waals surface area contributed by atoms with Gasteiger partial charge in [-0.1, -0.05) is 25.2 Å². The quantitative estimate of drug-likeness (QED) is 0.793. The van der Waals surface area contributed by atoms with Crippen LogP contribution in [0.15, 0.2) is 65.9 Å². The lowest BCUT2D eigenvalue weighted by Gasteiger charge is -2.21. The van der Waals surface area contributed by atoms with E-state index in [9.17, 15) is 18.7 Å². The SMILES string of the molecule is CC1CC(F)=CC=C1c1nccc(C(=O)O)c1CC1=CCC=C(F)C=C1. The van der Waals surface area contributed by atoms with Gasteiger partial charge in [0.1, 0.15) is 11.7 Å². The first-order valence-electron chi connectivity index (χ1n) is 8.46. The van der Waals surface area contributed by atoms with Gasteiger partial charge in [0, 0.05) is 19.0 Å². The lowest BCUT2D eigenvalue weighted by molar-refractivity contribution is 0.0695. The molecule has 0 bridgehead atoms. The van der Waals surface area contributed by atoms with Crippen LogP contribution < -0.4 is 0 Å². The first kappa shape index (κ1) is 18.0. The lowest BCUT2D eigenvalue weighted by atomic mass is 9.85. The highest BCUT2D eigenvalue weighted by atomic mass is 19.1. The third-order valence-electron chi connectivity index (χ3n) is 4.57. The molecule has 0 spiro atoms. The van der Waals surface area contributed by atoms with Crippen LogP contribution in [-0.2, 0) is 6.42 Å². The summed E-state index contributed by atoms with van der Waals surface area (Å²) in [6.45, 7) is 1.89. The molecule has 1 N–H and O–H groups in total. The van der Waals surface area contributed by atoms with Crippen molar-refractivity contribution < 1.29 is 18.7 Å². The molecule has 0 fully saturated rings. The second-order valence-corrected chi connectivity index (χ2v) is 6.45. The molecule has 0 radical (unpaired) electrons. The fraction of sp³-hybridized carbons (Fsp3) is 0.238. The Morgan fingerprint density at radius 2 is 2.08 bits per heavy atom. The molecule has 26 heavy (non-hydrogen) atoms. The maximum Gasteiger partial charge on any atom is 0.336 e. The van der Waals surface area contributed by atoms with Crippen molar-refractivity contribution in [3.05, 3.63) is 82.8 Å². The van der Waals surface area contributed by atoms with Crippen molar-refractivity contribution in [1.29, 1.82) is 0 Å². The lowest BCUT2D eigenvalue weighted by Crippen LogP contribution is -2.12. The van der Waals surface area contributed by atoms with Crippen molar-refractivity contribution in [3.8, 4) is 0 Å². The normalized spacial score (nSPS) is 19.9. The summed E-state index contributed by atoms with van der Waals surface area (Å²) in [7, 11) is 0. The molecule has 1 atom stereocenters. The van der Waals surface area contributed by atoms with Crippen molar-refractivity contribution in [2.45, 2.75) is 26.2 Å². The Hall–Kier alpha value is -2.82. The van der Waals surface area contributed by atoms with Gasteiger partial charge in [0.15, 0.2) is 0 Å². The van der Waals surface area contributed by atoms with E-state index in [4.69, 9.17) is 0 Å².